The number of amides is 4. The summed E-state index contributed by atoms with van der Waals surface area (Å²) >= 11 is 6.34. The van der Waals surface area contributed by atoms with Crippen molar-refractivity contribution >= 4 is 35.4 Å². The van der Waals surface area contributed by atoms with Gasteiger partial charge in [-0.1, -0.05) is 29.8 Å². The average molecular weight is 422 g/mol. The fourth-order valence-electron chi connectivity index (χ4n) is 3.90. The van der Waals surface area contributed by atoms with Gasteiger partial charge in [-0.3, -0.25) is 19.3 Å². The van der Waals surface area contributed by atoms with E-state index in [0.29, 0.717) is 43.4 Å². The summed E-state index contributed by atoms with van der Waals surface area (Å²) in [5.74, 6) is -1.01. The molecular formula is C20H24ClN3O5. The van der Waals surface area contributed by atoms with Gasteiger partial charge in [-0.05, 0) is 18.6 Å². The van der Waals surface area contributed by atoms with Gasteiger partial charge in [0.15, 0.2) is 0 Å². The third-order valence-electron chi connectivity index (χ3n) is 5.54. The van der Waals surface area contributed by atoms with Gasteiger partial charge in [0.2, 0.25) is 17.7 Å². The molecule has 1 aromatic carbocycles. The number of halogens is 1. The Morgan fingerprint density at radius 2 is 1.72 bits per heavy atom. The zero-order valence-electron chi connectivity index (χ0n) is 16.5. The maximum absolute atomic E-state index is 13.1. The highest BCUT2D eigenvalue weighted by molar-refractivity contribution is 6.32. The monoisotopic (exact) mass is 421 g/mol. The van der Waals surface area contributed by atoms with Crippen LogP contribution in [0.5, 0.6) is 0 Å². The molecule has 2 saturated heterocycles. The van der Waals surface area contributed by atoms with Crippen molar-refractivity contribution in [3.05, 3.63) is 34.9 Å². The Hall–Kier alpha value is -2.61. The lowest BCUT2D eigenvalue weighted by Gasteiger charge is -2.36. The van der Waals surface area contributed by atoms with E-state index in [0.717, 1.165) is 4.90 Å². The largest absolute Gasteiger partial charge is 0.450 e. The Labute approximate surface area is 174 Å². The molecule has 4 amide bonds. The first-order chi connectivity index (χ1) is 13.8. The molecule has 0 aliphatic carbocycles. The SMILES string of the molecule is CCOC(=O)N1CCN(C(=O)C[C@@]2(c3ccccc3Cl)CC(=O)N(C)C2=O)CC1. The number of hydrogen-bond donors (Lipinski definition) is 0. The molecule has 0 radical (unpaired) electrons. The Bertz CT molecular complexity index is 837. The summed E-state index contributed by atoms with van der Waals surface area (Å²) < 4.78 is 4.99. The molecule has 3 rings (SSSR count). The first kappa shape index (κ1) is 21.1. The van der Waals surface area contributed by atoms with Crippen molar-refractivity contribution in [1.82, 2.24) is 14.7 Å². The molecule has 29 heavy (non-hydrogen) atoms. The van der Waals surface area contributed by atoms with Crippen LogP contribution in [0.4, 0.5) is 4.79 Å². The number of piperazine rings is 1. The Morgan fingerprint density at radius 3 is 2.28 bits per heavy atom. The fraction of sp³-hybridized carbons (Fsp3) is 0.500. The molecule has 8 nitrogen and oxygen atoms in total. The summed E-state index contributed by atoms with van der Waals surface area (Å²) in [6.07, 6.45) is -0.642. The van der Waals surface area contributed by atoms with Gasteiger partial charge in [0.25, 0.3) is 0 Å². The minimum absolute atomic E-state index is 0.0966. The molecule has 1 atom stereocenters. The number of ether oxygens (including phenoxy) is 1. The van der Waals surface area contributed by atoms with Gasteiger partial charge in [0.1, 0.15) is 0 Å². The van der Waals surface area contributed by atoms with E-state index in [4.69, 9.17) is 16.3 Å². The van der Waals surface area contributed by atoms with E-state index in [2.05, 4.69) is 0 Å². The molecule has 0 bridgehead atoms. The maximum Gasteiger partial charge on any atom is 0.409 e. The van der Waals surface area contributed by atoms with Gasteiger partial charge in [-0.15, -0.1) is 0 Å². The Balaban J connectivity index is 1.79. The Morgan fingerprint density at radius 1 is 1.10 bits per heavy atom. The van der Waals surface area contributed by atoms with Crippen LogP contribution in [0.3, 0.4) is 0 Å². The fourth-order valence-corrected chi connectivity index (χ4v) is 4.22. The van der Waals surface area contributed by atoms with Crippen LogP contribution in [0, 0.1) is 0 Å². The van der Waals surface area contributed by atoms with Crippen molar-refractivity contribution in [2.75, 3.05) is 39.8 Å². The maximum atomic E-state index is 13.1. The van der Waals surface area contributed by atoms with Crippen LogP contribution in [0.15, 0.2) is 24.3 Å². The molecule has 9 heteroatoms. The predicted molar refractivity (Wildman–Crippen MR) is 105 cm³/mol. The minimum atomic E-state index is -1.31. The number of rotatable bonds is 4. The minimum Gasteiger partial charge on any atom is -0.450 e. The molecule has 156 valence electrons. The second-order valence-corrected chi connectivity index (χ2v) is 7.65. The summed E-state index contributed by atoms with van der Waals surface area (Å²) in [5.41, 5.74) is -0.817. The van der Waals surface area contributed by atoms with Crippen LogP contribution in [-0.4, -0.2) is 78.3 Å². The van der Waals surface area contributed by atoms with Gasteiger partial charge < -0.3 is 14.5 Å². The number of carbonyl (C=O) groups is 4. The number of carbonyl (C=O) groups excluding carboxylic acids is 4. The lowest BCUT2D eigenvalue weighted by atomic mass is 9.75. The van der Waals surface area contributed by atoms with Crippen LogP contribution in [0.25, 0.3) is 0 Å². The quantitative estimate of drug-likeness (QED) is 0.690. The highest BCUT2D eigenvalue weighted by Gasteiger charge is 2.53. The van der Waals surface area contributed by atoms with E-state index in [-0.39, 0.29) is 24.7 Å². The van der Waals surface area contributed by atoms with Gasteiger partial charge in [0.05, 0.1) is 12.0 Å². The van der Waals surface area contributed by atoms with E-state index in [1.165, 1.54) is 7.05 Å². The van der Waals surface area contributed by atoms with Crippen LogP contribution in [-0.2, 0) is 24.5 Å². The molecule has 0 spiro atoms. The van der Waals surface area contributed by atoms with Crippen molar-refractivity contribution in [1.29, 1.82) is 0 Å². The molecule has 2 fully saturated rings. The lowest BCUT2D eigenvalue weighted by molar-refractivity contribution is -0.142. The molecule has 0 saturated carbocycles. The molecule has 2 aliphatic heterocycles. The van der Waals surface area contributed by atoms with E-state index in [1.54, 1.807) is 41.0 Å². The summed E-state index contributed by atoms with van der Waals surface area (Å²) in [7, 11) is 1.42. The summed E-state index contributed by atoms with van der Waals surface area (Å²) in [6.45, 7) is 3.43. The first-order valence-corrected chi connectivity index (χ1v) is 9.93. The molecule has 2 heterocycles. The van der Waals surface area contributed by atoms with Crippen molar-refractivity contribution < 1.29 is 23.9 Å². The van der Waals surface area contributed by atoms with Gasteiger partial charge >= 0.3 is 6.09 Å². The zero-order valence-corrected chi connectivity index (χ0v) is 17.3. The highest BCUT2D eigenvalue weighted by atomic mass is 35.5. The second kappa shape index (κ2) is 8.41. The van der Waals surface area contributed by atoms with Crippen molar-refractivity contribution in [2.45, 2.75) is 25.2 Å². The van der Waals surface area contributed by atoms with Gasteiger partial charge in [-0.25, -0.2) is 4.79 Å². The summed E-state index contributed by atoms with van der Waals surface area (Å²) in [5, 5.41) is 0.351. The Kier molecular flexibility index (Phi) is 6.12. The number of hydrogen-bond acceptors (Lipinski definition) is 5. The smallest absolute Gasteiger partial charge is 0.409 e. The average Bonchev–Trinajstić information content (AvgIpc) is 2.93. The van der Waals surface area contributed by atoms with Gasteiger partial charge in [0, 0.05) is 51.1 Å². The number of nitrogens with zero attached hydrogens (tertiary/aromatic N) is 3. The van der Waals surface area contributed by atoms with Crippen molar-refractivity contribution in [3.8, 4) is 0 Å². The van der Waals surface area contributed by atoms with E-state index >= 15 is 0 Å². The molecular weight excluding hydrogens is 398 g/mol. The van der Waals surface area contributed by atoms with Crippen molar-refractivity contribution in [3.63, 3.8) is 0 Å². The molecule has 0 unspecified atom stereocenters. The van der Waals surface area contributed by atoms with Crippen LogP contribution < -0.4 is 0 Å². The van der Waals surface area contributed by atoms with Crippen molar-refractivity contribution in [2.24, 2.45) is 0 Å². The number of imide groups is 1. The van der Waals surface area contributed by atoms with Crippen LogP contribution >= 0.6 is 11.6 Å². The first-order valence-electron chi connectivity index (χ1n) is 9.55. The van der Waals surface area contributed by atoms with Crippen LogP contribution in [0.2, 0.25) is 5.02 Å². The number of benzene rings is 1. The molecule has 0 N–H and O–H groups in total. The zero-order chi connectivity index (χ0) is 21.2. The predicted octanol–water partition coefficient (Wildman–Crippen LogP) is 1.66. The highest BCUT2D eigenvalue weighted by Crippen LogP contribution is 2.42. The lowest BCUT2D eigenvalue weighted by Crippen LogP contribution is -2.52. The standard InChI is InChI=1S/C20H24ClN3O5/c1-3-29-19(28)24-10-8-23(9-11-24)17(26)13-20(12-16(25)22(2)18(20)27)14-6-4-5-7-15(14)21/h4-7H,3,8-13H2,1-2H3/t20-/m1/s1. The topological polar surface area (TPSA) is 87.2 Å². The second-order valence-electron chi connectivity index (χ2n) is 7.24. The summed E-state index contributed by atoms with van der Waals surface area (Å²) in [4.78, 5) is 54.5. The van der Waals surface area contributed by atoms with Crippen LogP contribution in [0.1, 0.15) is 25.3 Å². The van der Waals surface area contributed by atoms with Gasteiger partial charge in [-0.2, -0.15) is 0 Å². The van der Waals surface area contributed by atoms with E-state index < -0.39 is 17.4 Å². The number of likely N-dealkylation sites (N-methyl/N-ethyl adjacent to an activating group) is 1. The third-order valence-corrected chi connectivity index (χ3v) is 5.87. The summed E-state index contributed by atoms with van der Waals surface area (Å²) in [6, 6.07) is 6.82. The molecule has 0 aromatic heterocycles. The van der Waals surface area contributed by atoms with E-state index in [9.17, 15) is 19.2 Å². The molecule has 2 aliphatic rings. The normalized spacial score (nSPS) is 22.2. The third kappa shape index (κ3) is 3.94. The van der Waals surface area contributed by atoms with E-state index in [1.807, 2.05) is 0 Å². The number of likely N-dealkylation sites (tertiary alicyclic amines) is 1. The molecule has 1 aromatic rings.